The van der Waals surface area contributed by atoms with Crippen LogP contribution in [0.3, 0.4) is 0 Å². The number of hydrogen-bond acceptors (Lipinski definition) is 4. The summed E-state index contributed by atoms with van der Waals surface area (Å²) >= 11 is 0. The van der Waals surface area contributed by atoms with Gasteiger partial charge in [-0.1, -0.05) is 39.5 Å². The molecule has 0 saturated heterocycles. The number of unbranched alkanes of at least 4 members (excludes halogenated alkanes) is 2. The lowest BCUT2D eigenvalue weighted by Gasteiger charge is -2.22. The highest BCUT2D eigenvalue weighted by molar-refractivity contribution is 5.85. The summed E-state index contributed by atoms with van der Waals surface area (Å²) in [5.41, 5.74) is 0. The van der Waals surface area contributed by atoms with Crippen molar-refractivity contribution >= 4 is 12.4 Å². The van der Waals surface area contributed by atoms with Crippen molar-refractivity contribution in [2.45, 2.75) is 71.6 Å². The summed E-state index contributed by atoms with van der Waals surface area (Å²) in [7, 11) is 0. The van der Waals surface area contributed by atoms with E-state index in [1.165, 1.54) is 90.5 Å². The second kappa shape index (κ2) is 19.9. The summed E-state index contributed by atoms with van der Waals surface area (Å²) in [6, 6.07) is 0. The predicted molar refractivity (Wildman–Crippen MR) is 119 cm³/mol. The Balaban J connectivity index is 0.00000625. The van der Waals surface area contributed by atoms with Crippen molar-refractivity contribution in [2.24, 2.45) is 5.92 Å². The molecule has 5 heteroatoms. The number of nitrogens with one attached hydrogen (secondary N) is 3. The number of rotatable bonds is 20. The van der Waals surface area contributed by atoms with Crippen molar-refractivity contribution in [1.29, 1.82) is 0 Å². The van der Waals surface area contributed by atoms with Crippen molar-refractivity contribution in [1.82, 2.24) is 20.9 Å². The summed E-state index contributed by atoms with van der Waals surface area (Å²) in [5.74, 6) is 1.10. The van der Waals surface area contributed by atoms with E-state index in [1.807, 2.05) is 0 Å². The molecule has 0 aromatic rings. The zero-order chi connectivity index (χ0) is 18.0. The molecule has 0 unspecified atom stereocenters. The Labute approximate surface area is 170 Å². The minimum absolute atomic E-state index is 0. The number of hydrogen-bond donors (Lipinski definition) is 3. The standard InChI is InChI=1S/C21H46N4.ClH/c1-3-22-15-9-16-24-14-6-8-19-25(20-10-17-23-4-2)18-7-5-11-21-12-13-21;/h21-24H,3-20H2,1-2H3;1H. The van der Waals surface area contributed by atoms with Crippen LogP contribution in [0.5, 0.6) is 0 Å². The van der Waals surface area contributed by atoms with Gasteiger partial charge >= 0.3 is 0 Å². The maximum Gasteiger partial charge on any atom is -0.000664 e. The van der Waals surface area contributed by atoms with Crippen LogP contribution >= 0.6 is 12.4 Å². The highest BCUT2D eigenvalue weighted by atomic mass is 35.5. The van der Waals surface area contributed by atoms with E-state index in [0.29, 0.717) is 0 Å². The molecule has 0 atom stereocenters. The fraction of sp³-hybridized carbons (Fsp3) is 1.00. The van der Waals surface area contributed by atoms with E-state index in [-0.39, 0.29) is 12.4 Å². The average Bonchev–Trinajstić information content (AvgIpc) is 3.44. The van der Waals surface area contributed by atoms with Gasteiger partial charge in [-0.05, 0) is 96.9 Å². The van der Waals surface area contributed by atoms with Crippen molar-refractivity contribution in [3.63, 3.8) is 0 Å². The third kappa shape index (κ3) is 17.5. The minimum Gasteiger partial charge on any atom is -0.317 e. The fourth-order valence-corrected chi connectivity index (χ4v) is 3.34. The van der Waals surface area contributed by atoms with Gasteiger partial charge in [0.15, 0.2) is 0 Å². The van der Waals surface area contributed by atoms with Gasteiger partial charge in [-0.25, -0.2) is 0 Å². The summed E-state index contributed by atoms with van der Waals surface area (Å²) < 4.78 is 0. The molecule has 0 spiro atoms. The fourth-order valence-electron chi connectivity index (χ4n) is 3.34. The Morgan fingerprint density at radius 1 is 0.654 bits per heavy atom. The predicted octanol–water partition coefficient (Wildman–Crippen LogP) is 3.66. The van der Waals surface area contributed by atoms with E-state index < -0.39 is 0 Å². The molecule has 1 rings (SSSR count). The smallest absolute Gasteiger partial charge is 0.000664 e. The molecule has 1 saturated carbocycles. The van der Waals surface area contributed by atoms with E-state index in [2.05, 4.69) is 34.7 Å². The van der Waals surface area contributed by atoms with E-state index >= 15 is 0 Å². The molecular weight excluding hydrogens is 344 g/mol. The molecule has 0 amide bonds. The first kappa shape index (κ1) is 26.1. The highest BCUT2D eigenvalue weighted by Crippen LogP contribution is 2.33. The molecule has 4 nitrogen and oxygen atoms in total. The Morgan fingerprint density at radius 2 is 1.19 bits per heavy atom. The zero-order valence-electron chi connectivity index (χ0n) is 17.7. The number of halogens is 1. The monoisotopic (exact) mass is 390 g/mol. The molecule has 0 radical (unpaired) electrons. The first-order valence-corrected chi connectivity index (χ1v) is 11.2. The zero-order valence-corrected chi connectivity index (χ0v) is 18.5. The molecule has 26 heavy (non-hydrogen) atoms. The summed E-state index contributed by atoms with van der Waals surface area (Å²) in [6.07, 6.45) is 12.5. The Morgan fingerprint density at radius 3 is 1.85 bits per heavy atom. The minimum atomic E-state index is 0. The van der Waals surface area contributed by atoms with Crippen LogP contribution < -0.4 is 16.0 Å². The van der Waals surface area contributed by atoms with Crippen LogP contribution in [0, 0.1) is 5.92 Å². The molecule has 1 fully saturated rings. The topological polar surface area (TPSA) is 39.3 Å². The molecule has 1 aliphatic carbocycles. The molecular formula is C21H47ClN4. The first-order valence-electron chi connectivity index (χ1n) is 11.2. The molecule has 0 aromatic heterocycles. The van der Waals surface area contributed by atoms with Crippen LogP contribution in [-0.2, 0) is 0 Å². The maximum atomic E-state index is 3.58. The van der Waals surface area contributed by atoms with Gasteiger partial charge in [0.25, 0.3) is 0 Å². The molecule has 0 bridgehead atoms. The van der Waals surface area contributed by atoms with Crippen LogP contribution in [0.4, 0.5) is 0 Å². The van der Waals surface area contributed by atoms with Gasteiger partial charge < -0.3 is 20.9 Å². The molecule has 3 N–H and O–H groups in total. The van der Waals surface area contributed by atoms with Gasteiger partial charge in [0.2, 0.25) is 0 Å². The van der Waals surface area contributed by atoms with E-state index in [9.17, 15) is 0 Å². The van der Waals surface area contributed by atoms with Gasteiger partial charge in [0.1, 0.15) is 0 Å². The quantitative estimate of drug-likeness (QED) is 0.277. The highest BCUT2D eigenvalue weighted by Gasteiger charge is 2.20. The van der Waals surface area contributed by atoms with Crippen molar-refractivity contribution in [3.05, 3.63) is 0 Å². The van der Waals surface area contributed by atoms with Gasteiger partial charge in [-0.2, -0.15) is 0 Å². The Bertz CT molecular complexity index is 275. The second-order valence-corrected chi connectivity index (χ2v) is 7.65. The van der Waals surface area contributed by atoms with Crippen LogP contribution in [0.2, 0.25) is 0 Å². The average molecular weight is 391 g/mol. The normalized spacial score (nSPS) is 14.0. The lowest BCUT2D eigenvalue weighted by Crippen LogP contribution is -2.30. The largest absolute Gasteiger partial charge is 0.317 e. The summed E-state index contributed by atoms with van der Waals surface area (Å²) in [4.78, 5) is 2.72. The second-order valence-electron chi connectivity index (χ2n) is 7.65. The maximum absolute atomic E-state index is 3.58. The van der Waals surface area contributed by atoms with Crippen LogP contribution in [0.1, 0.15) is 71.6 Å². The van der Waals surface area contributed by atoms with Crippen molar-refractivity contribution in [2.75, 3.05) is 58.9 Å². The Hall–Kier alpha value is 0.130. The van der Waals surface area contributed by atoms with E-state index in [1.54, 1.807) is 0 Å². The van der Waals surface area contributed by atoms with Crippen LogP contribution in [0.15, 0.2) is 0 Å². The van der Waals surface area contributed by atoms with Crippen molar-refractivity contribution < 1.29 is 0 Å². The Kier molecular flexibility index (Phi) is 20.0. The SMILES string of the molecule is CCNCCCNCCCCN(CCCCC1CC1)CCCNCC.Cl. The van der Waals surface area contributed by atoms with Gasteiger partial charge in [-0.15, -0.1) is 12.4 Å². The third-order valence-electron chi connectivity index (χ3n) is 5.15. The first-order chi connectivity index (χ1) is 12.4. The molecule has 0 aliphatic heterocycles. The van der Waals surface area contributed by atoms with Gasteiger partial charge in [-0.3, -0.25) is 0 Å². The summed E-state index contributed by atoms with van der Waals surface area (Å²) in [5, 5.41) is 10.4. The lowest BCUT2D eigenvalue weighted by molar-refractivity contribution is 0.257. The molecule has 0 heterocycles. The van der Waals surface area contributed by atoms with Crippen LogP contribution in [0.25, 0.3) is 0 Å². The molecule has 0 aromatic carbocycles. The van der Waals surface area contributed by atoms with Crippen molar-refractivity contribution in [3.8, 4) is 0 Å². The van der Waals surface area contributed by atoms with Gasteiger partial charge in [0, 0.05) is 0 Å². The molecule has 1 aliphatic rings. The molecule has 158 valence electrons. The third-order valence-corrected chi connectivity index (χ3v) is 5.15. The van der Waals surface area contributed by atoms with Gasteiger partial charge in [0.05, 0.1) is 0 Å². The summed E-state index contributed by atoms with van der Waals surface area (Å²) in [6.45, 7) is 15.1. The van der Waals surface area contributed by atoms with E-state index in [4.69, 9.17) is 0 Å². The van der Waals surface area contributed by atoms with E-state index in [0.717, 1.165) is 32.1 Å². The lowest BCUT2D eigenvalue weighted by atomic mass is 10.1. The van der Waals surface area contributed by atoms with Crippen LogP contribution in [-0.4, -0.2) is 63.8 Å². The number of nitrogens with zero attached hydrogens (tertiary/aromatic N) is 1.